The molecule has 2 heteroatoms. The van der Waals surface area contributed by atoms with Crippen LogP contribution in [0.3, 0.4) is 0 Å². The summed E-state index contributed by atoms with van der Waals surface area (Å²) < 4.78 is 0. The third-order valence-electron chi connectivity index (χ3n) is 1.98. The van der Waals surface area contributed by atoms with E-state index >= 15 is 0 Å². The highest BCUT2D eigenvalue weighted by molar-refractivity contribution is 7.08. The highest BCUT2D eigenvalue weighted by Gasteiger charge is 2.06. The van der Waals surface area contributed by atoms with Gasteiger partial charge in [0.2, 0.25) is 0 Å². The average molecular weight is 165 g/mol. The number of hydrogen-bond acceptors (Lipinski definition) is 2. The van der Waals surface area contributed by atoms with Gasteiger partial charge < -0.3 is 0 Å². The molecule has 0 unspecified atom stereocenters. The van der Waals surface area contributed by atoms with Crippen LogP contribution in [0.2, 0.25) is 0 Å². The summed E-state index contributed by atoms with van der Waals surface area (Å²) in [6.45, 7) is 1.03. The van der Waals surface area contributed by atoms with E-state index in [2.05, 4.69) is 21.8 Å². The maximum atomic E-state index is 4.50. The molecule has 0 bridgehead atoms. The molecule has 1 aliphatic heterocycles. The van der Waals surface area contributed by atoms with Crippen molar-refractivity contribution in [3.63, 3.8) is 0 Å². The van der Waals surface area contributed by atoms with Gasteiger partial charge in [-0.05, 0) is 36.1 Å². The predicted molar refractivity (Wildman–Crippen MR) is 49.6 cm³/mol. The zero-order valence-corrected chi connectivity index (χ0v) is 7.23. The predicted octanol–water partition coefficient (Wildman–Crippen LogP) is 2.72. The summed E-state index contributed by atoms with van der Waals surface area (Å²) in [5, 5.41) is 4.30. The molecule has 11 heavy (non-hydrogen) atoms. The number of rotatable bonds is 1. The molecule has 58 valence electrons. The molecule has 0 saturated heterocycles. The van der Waals surface area contributed by atoms with E-state index in [1.54, 1.807) is 11.3 Å². The average Bonchev–Trinajstić information content (AvgIpc) is 2.58. The minimum atomic E-state index is 1.03. The van der Waals surface area contributed by atoms with E-state index < -0.39 is 0 Å². The van der Waals surface area contributed by atoms with E-state index in [0.29, 0.717) is 0 Å². The fraction of sp³-hybridized carbons (Fsp3) is 0.444. The Bertz CT molecular complexity index is 249. The van der Waals surface area contributed by atoms with Crippen LogP contribution in [0.1, 0.15) is 24.8 Å². The molecule has 2 heterocycles. The van der Waals surface area contributed by atoms with Gasteiger partial charge in [0.05, 0.1) is 0 Å². The zero-order valence-electron chi connectivity index (χ0n) is 6.42. The first kappa shape index (κ1) is 7.04. The number of hydrogen-bond donors (Lipinski definition) is 0. The van der Waals surface area contributed by atoms with Crippen LogP contribution in [-0.4, -0.2) is 12.3 Å². The standard InChI is InChI=1S/C9H11NS/c1-2-5-10-9(3-1)8-4-6-11-7-8/h4,6-7H,1-3,5H2. The molecule has 0 aromatic carbocycles. The van der Waals surface area contributed by atoms with Crippen molar-refractivity contribution >= 4 is 17.0 Å². The van der Waals surface area contributed by atoms with Gasteiger partial charge in [0.15, 0.2) is 0 Å². The van der Waals surface area contributed by atoms with Gasteiger partial charge in [-0.3, -0.25) is 4.99 Å². The topological polar surface area (TPSA) is 12.4 Å². The van der Waals surface area contributed by atoms with Gasteiger partial charge in [-0.1, -0.05) is 0 Å². The number of aliphatic imine (C=N–C) groups is 1. The molecule has 0 aliphatic carbocycles. The second kappa shape index (κ2) is 3.18. The Morgan fingerprint density at radius 3 is 3.00 bits per heavy atom. The van der Waals surface area contributed by atoms with Gasteiger partial charge in [0, 0.05) is 17.8 Å². The van der Waals surface area contributed by atoms with Crippen molar-refractivity contribution < 1.29 is 0 Å². The SMILES string of the molecule is c1cc(C2=NCCCC2)cs1. The Balaban J connectivity index is 2.22. The molecule has 0 N–H and O–H groups in total. The highest BCUT2D eigenvalue weighted by Crippen LogP contribution is 2.15. The monoisotopic (exact) mass is 165 g/mol. The Morgan fingerprint density at radius 1 is 1.36 bits per heavy atom. The van der Waals surface area contributed by atoms with Crippen molar-refractivity contribution in [1.82, 2.24) is 0 Å². The molecule has 0 fully saturated rings. The Hall–Kier alpha value is -0.630. The van der Waals surface area contributed by atoms with Crippen LogP contribution in [-0.2, 0) is 0 Å². The third kappa shape index (κ3) is 1.51. The van der Waals surface area contributed by atoms with Gasteiger partial charge in [0.1, 0.15) is 0 Å². The molecule has 0 saturated carbocycles. The van der Waals surface area contributed by atoms with E-state index in [9.17, 15) is 0 Å². The van der Waals surface area contributed by atoms with Crippen LogP contribution >= 0.6 is 11.3 Å². The number of thiophene rings is 1. The van der Waals surface area contributed by atoms with Crippen molar-refractivity contribution in [3.05, 3.63) is 22.4 Å². The molecule has 1 aromatic rings. The van der Waals surface area contributed by atoms with E-state index in [4.69, 9.17) is 0 Å². The van der Waals surface area contributed by atoms with E-state index in [1.807, 2.05) is 0 Å². The van der Waals surface area contributed by atoms with Gasteiger partial charge in [-0.2, -0.15) is 11.3 Å². The van der Waals surface area contributed by atoms with Gasteiger partial charge in [-0.15, -0.1) is 0 Å². The summed E-state index contributed by atoms with van der Waals surface area (Å²) in [4.78, 5) is 4.50. The van der Waals surface area contributed by atoms with Crippen LogP contribution in [0.15, 0.2) is 21.8 Å². The van der Waals surface area contributed by atoms with Crippen molar-refractivity contribution in [2.45, 2.75) is 19.3 Å². The molecule has 1 aromatic heterocycles. The Morgan fingerprint density at radius 2 is 2.36 bits per heavy atom. The van der Waals surface area contributed by atoms with Crippen molar-refractivity contribution in [3.8, 4) is 0 Å². The first-order chi connectivity index (χ1) is 5.47. The van der Waals surface area contributed by atoms with Crippen molar-refractivity contribution in [1.29, 1.82) is 0 Å². The lowest BCUT2D eigenvalue weighted by atomic mass is 10.1. The molecule has 1 nitrogen and oxygen atoms in total. The van der Waals surface area contributed by atoms with Crippen LogP contribution < -0.4 is 0 Å². The first-order valence-corrected chi connectivity index (χ1v) is 4.97. The van der Waals surface area contributed by atoms with E-state index in [-0.39, 0.29) is 0 Å². The lowest BCUT2D eigenvalue weighted by Gasteiger charge is -2.09. The van der Waals surface area contributed by atoms with Gasteiger partial charge in [-0.25, -0.2) is 0 Å². The summed E-state index contributed by atoms with van der Waals surface area (Å²) >= 11 is 1.75. The maximum absolute atomic E-state index is 4.50. The first-order valence-electron chi connectivity index (χ1n) is 4.03. The molecule has 0 spiro atoms. The normalized spacial score (nSPS) is 18.0. The van der Waals surface area contributed by atoms with Gasteiger partial charge in [0.25, 0.3) is 0 Å². The van der Waals surface area contributed by atoms with E-state index in [0.717, 1.165) is 6.54 Å². The summed E-state index contributed by atoms with van der Waals surface area (Å²) in [5.41, 5.74) is 2.66. The van der Waals surface area contributed by atoms with Crippen molar-refractivity contribution in [2.75, 3.05) is 6.54 Å². The Labute approximate surface area is 70.8 Å². The molecule has 0 radical (unpaired) electrons. The molecule has 0 amide bonds. The van der Waals surface area contributed by atoms with E-state index in [1.165, 1.54) is 30.5 Å². The smallest absolute Gasteiger partial charge is 0.0428 e. The lowest BCUT2D eigenvalue weighted by Crippen LogP contribution is -2.06. The lowest BCUT2D eigenvalue weighted by molar-refractivity contribution is 0.739. The summed E-state index contributed by atoms with van der Waals surface area (Å²) in [7, 11) is 0. The molecule has 1 aliphatic rings. The maximum Gasteiger partial charge on any atom is 0.0428 e. The Kier molecular flexibility index (Phi) is 2.04. The second-order valence-corrected chi connectivity index (χ2v) is 3.58. The quantitative estimate of drug-likeness (QED) is 0.606. The van der Waals surface area contributed by atoms with Crippen LogP contribution in [0.4, 0.5) is 0 Å². The fourth-order valence-corrected chi connectivity index (χ4v) is 2.03. The number of nitrogens with zero attached hydrogens (tertiary/aromatic N) is 1. The summed E-state index contributed by atoms with van der Waals surface area (Å²) in [5.74, 6) is 0. The van der Waals surface area contributed by atoms with Crippen LogP contribution in [0, 0.1) is 0 Å². The minimum Gasteiger partial charge on any atom is -0.289 e. The van der Waals surface area contributed by atoms with Crippen LogP contribution in [0.5, 0.6) is 0 Å². The third-order valence-corrected chi connectivity index (χ3v) is 2.66. The largest absolute Gasteiger partial charge is 0.289 e. The zero-order chi connectivity index (χ0) is 7.52. The van der Waals surface area contributed by atoms with Crippen molar-refractivity contribution in [2.24, 2.45) is 4.99 Å². The molecule has 2 rings (SSSR count). The second-order valence-electron chi connectivity index (χ2n) is 2.80. The minimum absolute atomic E-state index is 1.03. The summed E-state index contributed by atoms with van der Waals surface area (Å²) in [6, 6.07) is 2.16. The summed E-state index contributed by atoms with van der Waals surface area (Å²) in [6.07, 6.45) is 3.76. The fourth-order valence-electron chi connectivity index (χ4n) is 1.36. The molecular weight excluding hydrogens is 154 g/mol. The molecule has 0 atom stereocenters. The highest BCUT2D eigenvalue weighted by atomic mass is 32.1. The van der Waals surface area contributed by atoms with Crippen LogP contribution in [0.25, 0.3) is 0 Å². The molecular formula is C9H11NS. The van der Waals surface area contributed by atoms with Gasteiger partial charge >= 0.3 is 0 Å².